The number of hydrogen-bond donors (Lipinski definition) is 2. The van der Waals surface area contributed by atoms with Gasteiger partial charge in [-0.25, -0.2) is 0 Å². The highest BCUT2D eigenvalue weighted by Crippen LogP contribution is 2.30. The zero-order chi connectivity index (χ0) is 27.5. The predicted octanol–water partition coefficient (Wildman–Crippen LogP) is 5.94. The van der Waals surface area contributed by atoms with E-state index in [2.05, 4.69) is 10.6 Å². The molecule has 7 heteroatoms. The normalized spacial score (nSPS) is 10.3. The fourth-order valence-corrected chi connectivity index (χ4v) is 4.00. The van der Waals surface area contributed by atoms with Crippen LogP contribution in [0, 0.1) is 0 Å². The van der Waals surface area contributed by atoms with Crippen LogP contribution in [0.25, 0.3) is 6.08 Å². The fraction of sp³-hybridized carbons (Fsp3) is 0.125. The average Bonchev–Trinajstić information content (AvgIpc) is 2.98. The van der Waals surface area contributed by atoms with E-state index in [0.717, 1.165) is 16.7 Å². The van der Waals surface area contributed by atoms with E-state index in [1.165, 1.54) is 7.11 Å². The maximum atomic E-state index is 13.2. The standard InChI is InChI=1S/C32H29ClN2O4/c1-38-30-19-25(16-17-29(30)39-22-26-14-8-9-15-28(26)33)18-27(31(36)34-20-23-10-4-2-5-11-23)32(37)35-21-24-12-6-3-7-13-24/h2-19H,20-22H2,1H3,(H,34,36)(H,35,37). The first-order valence-electron chi connectivity index (χ1n) is 12.4. The van der Waals surface area contributed by atoms with Crippen LogP contribution in [0.2, 0.25) is 5.02 Å². The van der Waals surface area contributed by atoms with E-state index in [1.807, 2.05) is 78.9 Å². The first-order valence-corrected chi connectivity index (χ1v) is 12.8. The zero-order valence-corrected chi connectivity index (χ0v) is 22.3. The smallest absolute Gasteiger partial charge is 0.257 e. The number of amides is 2. The first kappa shape index (κ1) is 27.5. The third-order valence-corrected chi connectivity index (χ3v) is 6.29. The van der Waals surface area contributed by atoms with Crippen LogP contribution in [-0.2, 0) is 29.3 Å². The molecule has 0 fully saturated rings. The van der Waals surface area contributed by atoms with Gasteiger partial charge in [0.15, 0.2) is 11.5 Å². The van der Waals surface area contributed by atoms with Crippen LogP contribution < -0.4 is 20.1 Å². The summed E-state index contributed by atoms with van der Waals surface area (Å²) in [5.74, 6) is 0.00701. The molecule has 4 rings (SSSR count). The lowest BCUT2D eigenvalue weighted by Gasteiger charge is -2.13. The van der Waals surface area contributed by atoms with Gasteiger partial charge in [-0.2, -0.15) is 0 Å². The number of benzene rings is 4. The van der Waals surface area contributed by atoms with Crippen LogP contribution in [0.1, 0.15) is 22.3 Å². The predicted molar refractivity (Wildman–Crippen MR) is 153 cm³/mol. The fourth-order valence-electron chi connectivity index (χ4n) is 3.81. The summed E-state index contributed by atoms with van der Waals surface area (Å²) in [4.78, 5) is 26.4. The third-order valence-electron chi connectivity index (χ3n) is 5.92. The van der Waals surface area contributed by atoms with E-state index < -0.39 is 11.8 Å². The first-order chi connectivity index (χ1) is 19.0. The van der Waals surface area contributed by atoms with Crippen LogP contribution in [0.4, 0.5) is 0 Å². The van der Waals surface area contributed by atoms with Crippen molar-refractivity contribution in [2.75, 3.05) is 7.11 Å². The maximum Gasteiger partial charge on any atom is 0.257 e. The van der Waals surface area contributed by atoms with Gasteiger partial charge in [-0.1, -0.05) is 96.5 Å². The van der Waals surface area contributed by atoms with Crippen molar-refractivity contribution in [3.8, 4) is 11.5 Å². The SMILES string of the molecule is COc1cc(C=C(C(=O)NCc2ccccc2)C(=O)NCc2ccccc2)ccc1OCc1ccccc1Cl. The highest BCUT2D eigenvalue weighted by Gasteiger charge is 2.19. The molecule has 0 spiro atoms. The van der Waals surface area contributed by atoms with Crippen LogP contribution in [-0.4, -0.2) is 18.9 Å². The Bertz CT molecular complexity index is 1380. The van der Waals surface area contributed by atoms with E-state index >= 15 is 0 Å². The number of hydrogen-bond acceptors (Lipinski definition) is 4. The molecule has 0 aliphatic rings. The second kappa shape index (κ2) is 13.8. The second-order valence-corrected chi connectivity index (χ2v) is 9.09. The molecule has 0 radical (unpaired) electrons. The van der Waals surface area contributed by atoms with Crippen LogP contribution in [0.5, 0.6) is 11.5 Å². The topological polar surface area (TPSA) is 76.7 Å². The molecule has 0 aliphatic heterocycles. The van der Waals surface area contributed by atoms with Gasteiger partial charge in [-0.05, 0) is 41.0 Å². The number of carbonyl (C=O) groups excluding carboxylic acids is 2. The Balaban J connectivity index is 1.54. The molecule has 0 aromatic heterocycles. The number of nitrogens with one attached hydrogen (secondary N) is 2. The Morgan fingerprint density at radius 3 is 1.87 bits per heavy atom. The Labute approximate surface area is 233 Å². The van der Waals surface area contributed by atoms with Crippen molar-refractivity contribution in [2.45, 2.75) is 19.7 Å². The average molecular weight is 541 g/mol. The van der Waals surface area contributed by atoms with E-state index in [-0.39, 0.29) is 12.2 Å². The molecular weight excluding hydrogens is 512 g/mol. The summed E-state index contributed by atoms with van der Waals surface area (Å²) in [7, 11) is 1.53. The molecule has 0 atom stereocenters. The van der Waals surface area contributed by atoms with Gasteiger partial charge >= 0.3 is 0 Å². The molecule has 0 bridgehead atoms. The number of halogens is 1. The van der Waals surface area contributed by atoms with Crippen LogP contribution in [0.3, 0.4) is 0 Å². The highest BCUT2D eigenvalue weighted by atomic mass is 35.5. The van der Waals surface area contributed by atoms with Gasteiger partial charge in [0.05, 0.1) is 7.11 Å². The van der Waals surface area contributed by atoms with Crippen LogP contribution in [0.15, 0.2) is 109 Å². The van der Waals surface area contributed by atoms with Gasteiger partial charge in [0.1, 0.15) is 12.2 Å². The molecule has 2 amide bonds. The van der Waals surface area contributed by atoms with Gasteiger partial charge in [-0.3, -0.25) is 9.59 Å². The van der Waals surface area contributed by atoms with E-state index in [0.29, 0.717) is 35.2 Å². The summed E-state index contributed by atoms with van der Waals surface area (Å²) >= 11 is 6.24. The summed E-state index contributed by atoms with van der Waals surface area (Å²) in [5.41, 5.74) is 3.29. The molecule has 2 N–H and O–H groups in total. The number of carbonyl (C=O) groups is 2. The van der Waals surface area contributed by atoms with Gasteiger partial charge in [-0.15, -0.1) is 0 Å². The summed E-state index contributed by atoms with van der Waals surface area (Å²) in [6.45, 7) is 0.850. The van der Waals surface area contributed by atoms with Gasteiger partial charge in [0.25, 0.3) is 11.8 Å². The quantitative estimate of drug-likeness (QED) is 0.140. The lowest BCUT2D eigenvalue weighted by atomic mass is 10.1. The molecular formula is C32H29ClN2O4. The minimum Gasteiger partial charge on any atom is -0.493 e. The van der Waals surface area contributed by atoms with Crippen molar-refractivity contribution < 1.29 is 19.1 Å². The van der Waals surface area contributed by atoms with Gasteiger partial charge in [0, 0.05) is 23.7 Å². The van der Waals surface area contributed by atoms with Gasteiger partial charge in [0.2, 0.25) is 0 Å². The molecule has 0 saturated heterocycles. The van der Waals surface area contributed by atoms with E-state index in [4.69, 9.17) is 21.1 Å². The molecule has 0 saturated carbocycles. The van der Waals surface area contributed by atoms with Crippen molar-refractivity contribution in [1.82, 2.24) is 10.6 Å². The third kappa shape index (κ3) is 7.97. The summed E-state index contributed by atoms with van der Waals surface area (Å²) < 4.78 is 11.5. The molecule has 39 heavy (non-hydrogen) atoms. The Kier molecular flexibility index (Phi) is 9.75. The molecule has 0 unspecified atom stereocenters. The minimum atomic E-state index is -0.484. The largest absolute Gasteiger partial charge is 0.493 e. The Morgan fingerprint density at radius 1 is 0.744 bits per heavy atom. The highest BCUT2D eigenvalue weighted by molar-refractivity contribution is 6.31. The second-order valence-electron chi connectivity index (χ2n) is 8.68. The lowest BCUT2D eigenvalue weighted by Crippen LogP contribution is -2.34. The molecule has 6 nitrogen and oxygen atoms in total. The molecule has 4 aromatic carbocycles. The Morgan fingerprint density at radius 2 is 1.31 bits per heavy atom. The van der Waals surface area contributed by atoms with Crippen molar-refractivity contribution in [3.05, 3.63) is 136 Å². The van der Waals surface area contributed by atoms with Crippen molar-refractivity contribution in [3.63, 3.8) is 0 Å². The van der Waals surface area contributed by atoms with Crippen molar-refractivity contribution in [1.29, 1.82) is 0 Å². The van der Waals surface area contributed by atoms with Gasteiger partial charge < -0.3 is 20.1 Å². The zero-order valence-electron chi connectivity index (χ0n) is 21.5. The number of methoxy groups -OCH3 is 1. The van der Waals surface area contributed by atoms with Crippen molar-refractivity contribution >= 4 is 29.5 Å². The lowest BCUT2D eigenvalue weighted by molar-refractivity contribution is -0.123. The number of rotatable bonds is 11. The van der Waals surface area contributed by atoms with Crippen molar-refractivity contribution in [2.24, 2.45) is 0 Å². The van der Waals surface area contributed by atoms with E-state index in [1.54, 1.807) is 30.3 Å². The summed E-state index contributed by atoms with van der Waals surface area (Å²) in [6, 6.07) is 31.7. The van der Waals surface area contributed by atoms with E-state index in [9.17, 15) is 9.59 Å². The maximum absolute atomic E-state index is 13.2. The molecule has 198 valence electrons. The molecule has 4 aromatic rings. The van der Waals surface area contributed by atoms with Crippen LogP contribution >= 0.6 is 11.6 Å². The molecule has 0 heterocycles. The molecule has 0 aliphatic carbocycles. The monoisotopic (exact) mass is 540 g/mol. The summed E-state index contributed by atoms with van der Waals surface area (Å²) in [6.07, 6.45) is 1.54. The minimum absolute atomic E-state index is 0.0198. The Hall–Kier alpha value is -4.55. The summed E-state index contributed by atoms with van der Waals surface area (Å²) in [5, 5.41) is 6.31. The number of ether oxygens (including phenoxy) is 2.